The van der Waals surface area contributed by atoms with Crippen molar-refractivity contribution in [3.63, 3.8) is 0 Å². The van der Waals surface area contributed by atoms with Crippen LogP contribution in [0.15, 0.2) is 42.6 Å². The fourth-order valence-electron chi connectivity index (χ4n) is 2.82. The largest absolute Gasteiger partial charge is 0.465 e. The van der Waals surface area contributed by atoms with Gasteiger partial charge in [0.05, 0.1) is 18.1 Å². The van der Waals surface area contributed by atoms with Crippen LogP contribution < -0.4 is 4.74 Å². The molecule has 2 aromatic rings. The topological polar surface area (TPSA) is 48.4 Å². The molecule has 0 aliphatic heterocycles. The number of carbonyl (C=O) groups is 1. The summed E-state index contributed by atoms with van der Waals surface area (Å²) < 4.78 is 75.8. The Morgan fingerprint density at radius 2 is 1.67 bits per heavy atom. The normalized spacial score (nSPS) is 15.9. The molecule has 0 saturated heterocycles. The maximum atomic E-state index is 13.8. The van der Waals surface area contributed by atoms with Crippen molar-refractivity contribution in [2.45, 2.75) is 30.4 Å². The number of ether oxygens (including phenoxy) is 2. The van der Waals surface area contributed by atoms with Crippen LogP contribution in [-0.4, -0.2) is 30.2 Å². The van der Waals surface area contributed by atoms with Crippen molar-refractivity contribution in [1.29, 1.82) is 0 Å². The molecule has 1 aromatic carbocycles. The number of hydrogen-bond donors (Lipinski definition) is 0. The molecule has 0 amide bonds. The third-order valence-corrected chi connectivity index (χ3v) is 4.49. The van der Waals surface area contributed by atoms with Gasteiger partial charge in [-0.25, -0.2) is 9.78 Å². The fourth-order valence-corrected chi connectivity index (χ4v) is 2.82. The molecule has 144 valence electrons. The number of halogens is 5. The van der Waals surface area contributed by atoms with Crippen LogP contribution in [-0.2, 0) is 10.2 Å². The zero-order valence-electron chi connectivity index (χ0n) is 14.0. The molecule has 1 saturated carbocycles. The zero-order chi connectivity index (χ0) is 19.9. The SMILES string of the molecule is COC(=O)c1ccc(Oc2ccc(C3(C(F)(F)C(F)(F)F)CC3)cc2)nc1. The van der Waals surface area contributed by atoms with E-state index in [9.17, 15) is 26.7 Å². The van der Waals surface area contributed by atoms with Crippen molar-refractivity contribution in [1.82, 2.24) is 4.98 Å². The van der Waals surface area contributed by atoms with Gasteiger partial charge in [0.2, 0.25) is 5.88 Å². The number of methoxy groups -OCH3 is 1. The molecular formula is C18H14F5NO3. The van der Waals surface area contributed by atoms with Crippen LogP contribution >= 0.6 is 0 Å². The molecule has 0 N–H and O–H groups in total. The van der Waals surface area contributed by atoms with E-state index in [1.54, 1.807) is 0 Å². The number of benzene rings is 1. The first-order chi connectivity index (χ1) is 12.6. The Kier molecular flexibility index (Phi) is 4.57. The van der Waals surface area contributed by atoms with Crippen molar-refractivity contribution in [3.8, 4) is 11.6 Å². The Bertz CT molecular complexity index is 828. The summed E-state index contributed by atoms with van der Waals surface area (Å²) in [5.41, 5.74) is -2.10. The van der Waals surface area contributed by atoms with Crippen molar-refractivity contribution in [3.05, 3.63) is 53.7 Å². The second-order valence-electron chi connectivity index (χ2n) is 6.16. The first-order valence-corrected chi connectivity index (χ1v) is 7.88. The second kappa shape index (κ2) is 6.47. The van der Waals surface area contributed by atoms with Gasteiger partial charge in [-0.05, 0) is 36.6 Å². The quantitative estimate of drug-likeness (QED) is 0.542. The smallest absolute Gasteiger partial charge is 0.454 e. The first-order valence-electron chi connectivity index (χ1n) is 7.88. The number of carbonyl (C=O) groups excluding carboxylic acids is 1. The van der Waals surface area contributed by atoms with E-state index in [1.807, 2.05) is 0 Å². The molecule has 1 aromatic heterocycles. The molecule has 0 bridgehead atoms. The highest BCUT2D eigenvalue weighted by Gasteiger charge is 2.75. The van der Waals surface area contributed by atoms with E-state index in [1.165, 1.54) is 49.7 Å². The molecule has 1 heterocycles. The van der Waals surface area contributed by atoms with Gasteiger partial charge in [-0.1, -0.05) is 12.1 Å². The molecule has 1 fully saturated rings. The number of alkyl halides is 5. The van der Waals surface area contributed by atoms with Crippen molar-refractivity contribution < 1.29 is 36.2 Å². The lowest BCUT2D eigenvalue weighted by molar-refractivity contribution is -0.296. The Balaban J connectivity index is 1.76. The number of pyridine rings is 1. The zero-order valence-corrected chi connectivity index (χ0v) is 14.0. The average molecular weight is 387 g/mol. The Labute approximate surface area is 150 Å². The highest BCUT2D eigenvalue weighted by atomic mass is 19.4. The average Bonchev–Trinajstić information content (AvgIpc) is 3.44. The molecule has 1 aliphatic carbocycles. The molecule has 27 heavy (non-hydrogen) atoms. The Hall–Kier alpha value is -2.71. The summed E-state index contributed by atoms with van der Waals surface area (Å²) in [7, 11) is 1.23. The van der Waals surface area contributed by atoms with Gasteiger partial charge in [-0.3, -0.25) is 0 Å². The van der Waals surface area contributed by atoms with E-state index in [2.05, 4.69) is 9.72 Å². The minimum absolute atomic E-state index is 0.0915. The first kappa shape index (κ1) is 19.1. The van der Waals surface area contributed by atoms with E-state index >= 15 is 0 Å². The maximum Gasteiger partial charge on any atom is 0.454 e. The number of rotatable bonds is 5. The van der Waals surface area contributed by atoms with Crippen LogP contribution in [0.4, 0.5) is 22.0 Å². The molecule has 4 nitrogen and oxygen atoms in total. The second-order valence-corrected chi connectivity index (χ2v) is 6.16. The third kappa shape index (κ3) is 3.33. The van der Waals surface area contributed by atoms with Crippen LogP contribution in [0.25, 0.3) is 0 Å². The molecule has 0 spiro atoms. The minimum Gasteiger partial charge on any atom is -0.465 e. The lowest BCUT2D eigenvalue weighted by atomic mass is 9.88. The summed E-state index contributed by atoms with van der Waals surface area (Å²) in [6, 6.07) is 7.83. The van der Waals surface area contributed by atoms with E-state index in [4.69, 9.17) is 4.74 Å². The van der Waals surface area contributed by atoms with E-state index < -0.39 is 23.5 Å². The van der Waals surface area contributed by atoms with Gasteiger partial charge >= 0.3 is 18.1 Å². The summed E-state index contributed by atoms with van der Waals surface area (Å²) in [5.74, 6) is -5.03. The van der Waals surface area contributed by atoms with Gasteiger partial charge in [-0.15, -0.1) is 0 Å². The maximum absolute atomic E-state index is 13.8. The number of esters is 1. The number of hydrogen-bond acceptors (Lipinski definition) is 4. The van der Waals surface area contributed by atoms with E-state index in [0.717, 1.165) is 0 Å². The lowest BCUT2D eigenvalue weighted by Gasteiger charge is -2.29. The predicted molar refractivity (Wildman–Crippen MR) is 84.0 cm³/mol. The Morgan fingerprint density at radius 1 is 1.04 bits per heavy atom. The molecule has 3 rings (SSSR count). The van der Waals surface area contributed by atoms with Crippen LogP contribution in [0.3, 0.4) is 0 Å². The molecule has 9 heteroatoms. The van der Waals surface area contributed by atoms with Crippen LogP contribution in [0.2, 0.25) is 0 Å². The van der Waals surface area contributed by atoms with Gasteiger partial charge < -0.3 is 9.47 Å². The summed E-state index contributed by atoms with van der Waals surface area (Å²) >= 11 is 0. The minimum atomic E-state index is -5.61. The molecular weight excluding hydrogens is 373 g/mol. The van der Waals surface area contributed by atoms with Gasteiger partial charge in [0.15, 0.2) is 0 Å². The van der Waals surface area contributed by atoms with Gasteiger partial charge in [-0.2, -0.15) is 22.0 Å². The molecule has 0 unspecified atom stereocenters. The van der Waals surface area contributed by atoms with Gasteiger partial charge in [0.25, 0.3) is 0 Å². The number of nitrogens with zero attached hydrogens (tertiary/aromatic N) is 1. The fraction of sp³-hybridized carbons (Fsp3) is 0.333. The van der Waals surface area contributed by atoms with Crippen molar-refractivity contribution in [2.24, 2.45) is 0 Å². The van der Waals surface area contributed by atoms with Gasteiger partial charge in [0, 0.05) is 12.3 Å². The van der Waals surface area contributed by atoms with Crippen LogP contribution in [0, 0.1) is 0 Å². The van der Waals surface area contributed by atoms with Crippen molar-refractivity contribution in [2.75, 3.05) is 7.11 Å². The molecule has 0 radical (unpaired) electrons. The van der Waals surface area contributed by atoms with E-state index in [0.29, 0.717) is 0 Å². The Morgan fingerprint density at radius 3 is 2.11 bits per heavy atom. The monoisotopic (exact) mass is 387 g/mol. The standard InChI is InChI=1S/C18H14F5NO3/c1-26-15(25)11-2-7-14(24-10-11)27-13-5-3-12(4-6-13)16(8-9-16)17(19,20)18(21,22)23/h2-7,10H,8-9H2,1H3. The summed E-state index contributed by atoms with van der Waals surface area (Å²) in [6.45, 7) is 0. The van der Waals surface area contributed by atoms with E-state index in [-0.39, 0.29) is 35.6 Å². The van der Waals surface area contributed by atoms with Crippen LogP contribution in [0.5, 0.6) is 11.6 Å². The predicted octanol–water partition coefficient (Wildman–Crippen LogP) is 4.89. The van der Waals surface area contributed by atoms with Crippen LogP contribution in [0.1, 0.15) is 28.8 Å². The summed E-state index contributed by atoms with van der Waals surface area (Å²) in [5, 5.41) is 0. The third-order valence-electron chi connectivity index (χ3n) is 4.49. The highest BCUT2D eigenvalue weighted by molar-refractivity contribution is 5.88. The van der Waals surface area contributed by atoms with Crippen molar-refractivity contribution >= 4 is 5.97 Å². The number of aromatic nitrogens is 1. The molecule has 1 aliphatic rings. The summed E-state index contributed by atoms with van der Waals surface area (Å²) in [4.78, 5) is 15.2. The molecule has 0 atom stereocenters. The lowest BCUT2D eigenvalue weighted by Crippen LogP contribution is -2.47. The summed E-state index contributed by atoms with van der Waals surface area (Å²) in [6.07, 6.45) is -4.85. The van der Waals surface area contributed by atoms with Gasteiger partial charge in [0.1, 0.15) is 5.75 Å². The highest BCUT2D eigenvalue weighted by Crippen LogP contribution is 2.63.